The number of carbonyl (C=O) groups is 2. The molecule has 1 saturated heterocycles. The van der Waals surface area contributed by atoms with Gasteiger partial charge in [-0.3, -0.25) is 4.79 Å². The van der Waals surface area contributed by atoms with Crippen molar-refractivity contribution in [1.29, 1.82) is 0 Å². The Hall–Kier alpha value is -2.08. The number of rotatable bonds is 8. The molecule has 29 heavy (non-hydrogen) atoms. The summed E-state index contributed by atoms with van der Waals surface area (Å²) in [6.45, 7) is 9.49. The molecule has 1 aromatic rings. The Morgan fingerprint density at radius 1 is 1.10 bits per heavy atom. The van der Waals surface area contributed by atoms with E-state index in [1.807, 2.05) is 11.0 Å². The van der Waals surface area contributed by atoms with Crippen molar-refractivity contribution in [3.63, 3.8) is 0 Å². The Labute approximate surface area is 175 Å². The summed E-state index contributed by atoms with van der Waals surface area (Å²) in [7, 11) is 0. The van der Waals surface area contributed by atoms with Crippen molar-refractivity contribution in [2.45, 2.75) is 52.0 Å². The van der Waals surface area contributed by atoms with Gasteiger partial charge in [-0.2, -0.15) is 0 Å². The summed E-state index contributed by atoms with van der Waals surface area (Å²) in [6.07, 6.45) is 4.47. The summed E-state index contributed by atoms with van der Waals surface area (Å²) in [5, 5.41) is 6.28. The Bertz CT molecular complexity index is 681. The predicted octanol–water partition coefficient (Wildman–Crippen LogP) is 2.94. The fourth-order valence-electron chi connectivity index (χ4n) is 4.49. The van der Waals surface area contributed by atoms with Crippen LogP contribution >= 0.6 is 0 Å². The van der Waals surface area contributed by atoms with Gasteiger partial charge in [-0.1, -0.05) is 38.1 Å². The molecule has 6 nitrogen and oxygen atoms in total. The van der Waals surface area contributed by atoms with Gasteiger partial charge >= 0.3 is 6.03 Å². The summed E-state index contributed by atoms with van der Waals surface area (Å²) in [6, 6.07) is 8.48. The molecular formula is C23H36N4O2. The molecule has 1 fully saturated rings. The normalized spacial score (nSPS) is 19.3. The number of urea groups is 1. The van der Waals surface area contributed by atoms with E-state index < -0.39 is 0 Å². The molecule has 1 unspecified atom stereocenters. The minimum Gasteiger partial charge on any atom is -0.356 e. The number of nitrogens with zero attached hydrogens (tertiary/aromatic N) is 2. The van der Waals surface area contributed by atoms with Crippen LogP contribution in [0.4, 0.5) is 4.79 Å². The van der Waals surface area contributed by atoms with Crippen molar-refractivity contribution < 1.29 is 9.59 Å². The Morgan fingerprint density at radius 2 is 1.83 bits per heavy atom. The molecule has 160 valence electrons. The second kappa shape index (κ2) is 10.6. The van der Waals surface area contributed by atoms with Crippen molar-refractivity contribution in [2.24, 2.45) is 5.92 Å². The third-order valence-corrected chi connectivity index (χ3v) is 6.43. The van der Waals surface area contributed by atoms with Crippen molar-refractivity contribution in [3.05, 3.63) is 35.4 Å². The van der Waals surface area contributed by atoms with E-state index >= 15 is 0 Å². The minimum atomic E-state index is 0.00443. The number of carbonyl (C=O) groups excluding carboxylic acids is 2. The molecule has 2 N–H and O–H groups in total. The minimum absolute atomic E-state index is 0.00443. The van der Waals surface area contributed by atoms with Gasteiger partial charge in [0.25, 0.3) is 0 Å². The van der Waals surface area contributed by atoms with Gasteiger partial charge in [0, 0.05) is 25.6 Å². The number of amides is 3. The second-order valence-corrected chi connectivity index (χ2v) is 8.17. The van der Waals surface area contributed by atoms with E-state index in [0.717, 1.165) is 58.3 Å². The molecule has 2 aliphatic rings. The first-order valence-corrected chi connectivity index (χ1v) is 11.3. The van der Waals surface area contributed by atoms with Crippen LogP contribution in [0.25, 0.3) is 0 Å². The molecule has 6 heteroatoms. The number of aryl methyl sites for hydroxylation is 1. The molecule has 0 radical (unpaired) electrons. The highest BCUT2D eigenvalue weighted by atomic mass is 16.2. The third-order valence-electron chi connectivity index (χ3n) is 6.43. The first-order chi connectivity index (χ1) is 14.1. The van der Waals surface area contributed by atoms with E-state index in [0.29, 0.717) is 13.1 Å². The molecule has 0 spiro atoms. The van der Waals surface area contributed by atoms with Crippen LogP contribution in [0, 0.1) is 5.92 Å². The van der Waals surface area contributed by atoms with E-state index in [4.69, 9.17) is 0 Å². The van der Waals surface area contributed by atoms with Crippen LogP contribution in [0.2, 0.25) is 0 Å². The van der Waals surface area contributed by atoms with Gasteiger partial charge in [-0.05, 0) is 62.9 Å². The summed E-state index contributed by atoms with van der Waals surface area (Å²) in [4.78, 5) is 29.3. The molecule has 3 amide bonds. The monoisotopic (exact) mass is 400 g/mol. The zero-order valence-electron chi connectivity index (χ0n) is 18.0. The summed E-state index contributed by atoms with van der Waals surface area (Å²) < 4.78 is 0. The van der Waals surface area contributed by atoms with Crippen molar-refractivity contribution in [2.75, 3.05) is 39.3 Å². The molecule has 1 aliphatic carbocycles. The first-order valence-electron chi connectivity index (χ1n) is 11.3. The van der Waals surface area contributed by atoms with Crippen LogP contribution in [0.3, 0.4) is 0 Å². The highest BCUT2D eigenvalue weighted by Crippen LogP contribution is 2.31. The average molecular weight is 401 g/mol. The highest BCUT2D eigenvalue weighted by molar-refractivity contribution is 5.79. The van der Waals surface area contributed by atoms with Crippen LogP contribution in [-0.2, 0) is 11.2 Å². The number of benzene rings is 1. The number of nitrogens with one attached hydrogen (secondary N) is 2. The van der Waals surface area contributed by atoms with E-state index in [9.17, 15) is 9.59 Å². The van der Waals surface area contributed by atoms with E-state index in [-0.39, 0.29) is 23.9 Å². The third kappa shape index (κ3) is 5.72. The van der Waals surface area contributed by atoms with E-state index in [1.165, 1.54) is 11.1 Å². The largest absolute Gasteiger partial charge is 0.356 e. The molecule has 1 atom stereocenters. The lowest BCUT2D eigenvalue weighted by Gasteiger charge is -2.32. The fraction of sp³-hybridized carbons (Fsp3) is 0.652. The van der Waals surface area contributed by atoms with Crippen LogP contribution in [0.1, 0.15) is 56.7 Å². The fourth-order valence-corrected chi connectivity index (χ4v) is 4.49. The predicted molar refractivity (Wildman–Crippen MR) is 116 cm³/mol. The maximum absolute atomic E-state index is 12.7. The van der Waals surface area contributed by atoms with Crippen molar-refractivity contribution in [1.82, 2.24) is 20.4 Å². The lowest BCUT2D eigenvalue weighted by molar-refractivity contribution is -0.126. The van der Waals surface area contributed by atoms with E-state index in [1.54, 1.807) is 0 Å². The number of fused-ring (bicyclic) bond motifs is 1. The van der Waals surface area contributed by atoms with Crippen molar-refractivity contribution >= 4 is 11.9 Å². The summed E-state index contributed by atoms with van der Waals surface area (Å²) >= 11 is 0. The van der Waals surface area contributed by atoms with Gasteiger partial charge in [-0.25, -0.2) is 4.79 Å². The zero-order valence-corrected chi connectivity index (χ0v) is 18.0. The molecule has 0 saturated carbocycles. The molecule has 1 aromatic carbocycles. The summed E-state index contributed by atoms with van der Waals surface area (Å²) in [5.74, 6) is 0.175. The maximum atomic E-state index is 12.7. The maximum Gasteiger partial charge on any atom is 0.317 e. The number of hydrogen-bond donors (Lipinski definition) is 2. The number of likely N-dealkylation sites (tertiary alicyclic amines) is 1. The first kappa shape index (κ1) is 21.6. The number of piperidine rings is 1. The van der Waals surface area contributed by atoms with Crippen molar-refractivity contribution in [3.8, 4) is 0 Å². The zero-order chi connectivity index (χ0) is 20.6. The SMILES string of the molecule is CCN(CC)CCCNC(=O)C1CCN(C(=O)NC2CCc3ccccc32)CC1. The smallest absolute Gasteiger partial charge is 0.317 e. The average Bonchev–Trinajstić information content (AvgIpc) is 3.16. The van der Waals surface area contributed by atoms with Gasteiger partial charge in [0.1, 0.15) is 0 Å². The highest BCUT2D eigenvalue weighted by Gasteiger charge is 2.29. The van der Waals surface area contributed by atoms with E-state index in [2.05, 4.69) is 47.6 Å². The lowest BCUT2D eigenvalue weighted by Crippen LogP contribution is -2.47. The Morgan fingerprint density at radius 3 is 2.55 bits per heavy atom. The van der Waals surface area contributed by atoms with Gasteiger partial charge in [0.15, 0.2) is 0 Å². The van der Waals surface area contributed by atoms with Gasteiger partial charge in [-0.15, -0.1) is 0 Å². The molecule has 1 heterocycles. The second-order valence-electron chi connectivity index (χ2n) is 8.17. The molecular weight excluding hydrogens is 364 g/mol. The number of hydrogen-bond acceptors (Lipinski definition) is 3. The Kier molecular flexibility index (Phi) is 7.92. The molecule has 0 bridgehead atoms. The van der Waals surface area contributed by atoms with Crippen LogP contribution < -0.4 is 10.6 Å². The summed E-state index contributed by atoms with van der Waals surface area (Å²) in [5.41, 5.74) is 2.59. The Balaban J connectivity index is 1.37. The molecule has 1 aliphatic heterocycles. The molecule has 0 aromatic heterocycles. The van der Waals surface area contributed by atoms with Gasteiger partial charge in [0.2, 0.25) is 5.91 Å². The molecule has 3 rings (SSSR count). The lowest BCUT2D eigenvalue weighted by atomic mass is 9.96. The van der Waals surface area contributed by atoms with Gasteiger partial charge < -0.3 is 20.4 Å². The van der Waals surface area contributed by atoms with Crippen LogP contribution in [0.15, 0.2) is 24.3 Å². The standard InChI is InChI=1S/C23H36N4O2/c1-3-26(4-2)15-7-14-24-22(28)19-12-16-27(17-13-19)23(29)25-21-11-10-18-8-5-6-9-20(18)21/h5-6,8-9,19,21H,3-4,7,10-17H2,1-2H3,(H,24,28)(H,25,29). The van der Waals surface area contributed by atoms with Crippen LogP contribution in [-0.4, -0.2) is 61.0 Å². The quantitative estimate of drug-likeness (QED) is 0.660. The topological polar surface area (TPSA) is 64.7 Å². The van der Waals surface area contributed by atoms with Crippen LogP contribution in [0.5, 0.6) is 0 Å². The van der Waals surface area contributed by atoms with Gasteiger partial charge in [0.05, 0.1) is 6.04 Å².